The predicted octanol–water partition coefficient (Wildman–Crippen LogP) is 18.9. The zero-order chi connectivity index (χ0) is 49.3. The number of hydrogen-bond donors (Lipinski definition) is 1. The number of rotatable bonds is 8. The van der Waals surface area contributed by atoms with Crippen LogP contribution in [-0.2, 0) is 0 Å². The molecule has 5 nitrogen and oxygen atoms in total. The van der Waals surface area contributed by atoms with Gasteiger partial charge in [-0.2, -0.15) is 0 Å². The summed E-state index contributed by atoms with van der Waals surface area (Å²) < 4.78 is 12.6. The van der Waals surface area contributed by atoms with Gasteiger partial charge in [-0.25, -0.2) is 0 Å². The quantitative estimate of drug-likeness (QED) is 0.164. The lowest BCUT2D eigenvalue weighted by atomic mass is 9.97. The maximum atomic E-state index is 6.61. The number of furan rings is 2. The van der Waals surface area contributed by atoms with Gasteiger partial charge in [0, 0.05) is 81.3 Å². The molecule has 0 aliphatic carbocycles. The Kier molecular flexibility index (Phi) is 11.8. The summed E-state index contributed by atoms with van der Waals surface area (Å²) >= 11 is 0. The van der Waals surface area contributed by atoms with Crippen molar-refractivity contribution in [3.8, 4) is 44.5 Å². The van der Waals surface area contributed by atoms with Crippen molar-refractivity contribution in [2.45, 2.75) is 0 Å². The van der Waals surface area contributed by atoms with Crippen molar-refractivity contribution >= 4 is 77.9 Å². The Balaban J connectivity index is 0.000000170. The number of fused-ring (bicyclic) bond motifs is 8. The maximum Gasteiger partial charge on any atom is 0.145 e. The third-order valence-electron chi connectivity index (χ3n) is 13.9. The van der Waals surface area contributed by atoms with Gasteiger partial charge in [-0.1, -0.05) is 170 Å². The van der Waals surface area contributed by atoms with Gasteiger partial charge in [0.15, 0.2) is 0 Å². The smallest absolute Gasteiger partial charge is 0.145 e. The summed E-state index contributed by atoms with van der Waals surface area (Å²) in [5.41, 5.74) is 20.4. The van der Waals surface area contributed by atoms with Crippen molar-refractivity contribution in [2.75, 3.05) is 29.2 Å². The van der Waals surface area contributed by atoms with Crippen LogP contribution in [0.25, 0.3) is 94.0 Å². The first-order valence-electron chi connectivity index (χ1n) is 24.6. The molecule has 0 spiro atoms. The van der Waals surface area contributed by atoms with E-state index in [0.29, 0.717) is 0 Å². The number of anilines is 5. The minimum atomic E-state index is 0.845. The van der Waals surface area contributed by atoms with Gasteiger partial charge in [-0.15, -0.1) is 0 Å². The number of allylic oxidation sites excluding steroid dienone is 4. The molecule has 1 aliphatic rings. The first-order valence-corrected chi connectivity index (χ1v) is 24.6. The molecule has 3 heterocycles. The summed E-state index contributed by atoms with van der Waals surface area (Å²) in [5, 5.41) is 7.77. The zero-order valence-electron chi connectivity index (χ0n) is 40.7. The standard InChI is InChI=1S/C43H32N2O.C25H19NO/c1-30-14-11-12-27-45(35-20-13-19-34(29-35)44(2)39-22-10-9-21-36(39)32-17-7-4-8-18-32)40-25-24-37-38-28-33(31-15-5-3-6-16-31)23-26-41(38)46-43(37)42(30)40;1-26-23-11-4-2-9-20(23)19-8-6-7-17(15-19)18-13-14-25-22(16-18)21-10-3-5-12-24(21)27-25/h3-29H,1H2,2H3;2-16,26H,1H3/b14-11-,27-12-;. The van der Waals surface area contributed by atoms with Crippen LogP contribution in [0.2, 0.25) is 0 Å². The largest absolute Gasteiger partial charge is 0.456 e. The van der Waals surface area contributed by atoms with Crippen molar-refractivity contribution in [1.29, 1.82) is 0 Å². The number of para-hydroxylation sites is 3. The molecular weight excluding hydrogens is 891 g/mol. The Bertz CT molecular complexity index is 4070. The molecule has 350 valence electrons. The van der Waals surface area contributed by atoms with Crippen molar-refractivity contribution < 1.29 is 8.83 Å². The van der Waals surface area contributed by atoms with E-state index in [2.05, 4.69) is 259 Å². The molecule has 1 N–H and O–H groups in total. The van der Waals surface area contributed by atoms with Crippen LogP contribution in [0.5, 0.6) is 0 Å². The van der Waals surface area contributed by atoms with Crippen LogP contribution in [0, 0.1) is 0 Å². The minimum Gasteiger partial charge on any atom is -0.456 e. The molecular formula is C68H51N3O2. The van der Waals surface area contributed by atoms with E-state index in [9.17, 15) is 0 Å². The van der Waals surface area contributed by atoms with E-state index < -0.39 is 0 Å². The van der Waals surface area contributed by atoms with Crippen molar-refractivity contribution in [3.63, 3.8) is 0 Å². The molecule has 1 aliphatic heterocycles. The molecule has 0 atom stereocenters. The van der Waals surface area contributed by atoms with E-state index in [1.807, 2.05) is 31.3 Å². The summed E-state index contributed by atoms with van der Waals surface area (Å²) in [6.07, 6.45) is 8.27. The highest BCUT2D eigenvalue weighted by Gasteiger charge is 2.22. The topological polar surface area (TPSA) is 44.8 Å². The third-order valence-corrected chi connectivity index (χ3v) is 13.9. The molecule has 0 saturated carbocycles. The highest BCUT2D eigenvalue weighted by Crippen LogP contribution is 2.44. The molecule has 0 amide bonds. The Hall–Kier alpha value is -9.58. The second-order valence-corrected chi connectivity index (χ2v) is 18.3. The van der Waals surface area contributed by atoms with Gasteiger partial charge in [0.05, 0.1) is 5.69 Å². The molecule has 0 saturated heterocycles. The normalized spacial score (nSPS) is 13.0. The van der Waals surface area contributed by atoms with E-state index in [-0.39, 0.29) is 0 Å². The summed E-state index contributed by atoms with van der Waals surface area (Å²) in [6.45, 7) is 4.48. The summed E-state index contributed by atoms with van der Waals surface area (Å²) in [5.74, 6) is 0. The van der Waals surface area contributed by atoms with Gasteiger partial charge in [0.25, 0.3) is 0 Å². The first kappa shape index (κ1) is 44.6. The van der Waals surface area contributed by atoms with Crippen LogP contribution in [0.1, 0.15) is 5.56 Å². The van der Waals surface area contributed by atoms with Crippen LogP contribution < -0.4 is 15.1 Å². The van der Waals surface area contributed by atoms with E-state index in [0.717, 1.165) is 83.5 Å². The Morgan fingerprint density at radius 1 is 0.452 bits per heavy atom. The number of nitrogens with one attached hydrogen (secondary N) is 1. The third kappa shape index (κ3) is 8.53. The molecule has 5 heteroatoms. The Morgan fingerprint density at radius 3 is 1.88 bits per heavy atom. The summed E-state index contributed by atoms with van der Waals surface area (Å²) in [7, 11) is 4.09. The second kappa shape index (κ2) is 19.3. The zero-order valence-corrected chi connectivity index (χ0v) is 40.7. The fourth-order valence-corrected chi connectivity index (χ4v) is 10.2. The molecule has 73 heavy (non-hydrogen) atoms. The van der Waals surface area contributed by atoms with Crippen molar-refractivity contribution in [1.82, 2.24) is 0 Å². The van der Waals surface area contributed by atoms with Gasteiger partial charge in [-0.3, -0.25) is 0 Å². The lowest BCUT2D eigenvalue weighted by Crippen LogP contribution is -2.14. The molecule has 13 rings (SSSR count). The molecule has 0 radical (unpaired) electrons. The number of hydrogen-bond acceptors (Lipinski definition) is 5. The predicted molar refractivity (Wildman–Crippen MR) is 309 cm³/mol. The Morgan fingerprint density at radius 2 is 1.07 bits per heavy atom. The molecule has 0 fully saturated rings. The van der Waals surface area contributed by atoms with Gasteiger partial charge in [0.1, 0.15) is 22.3 Å². The first-order chi connectivity index (χ1) is 36.0. The highest BCUT2D eigenvalue weighted by atomic mass is 16.3. The van der Waals surface area contributed by atoms with Crippen LogP contribution in [-0.4, -0.2) is 14.1 Å². The molecule has 0 bridgehead atoms. The number of benzene rings is 10. The van der Waals surface area contributed by atoms with Crippen LogP contribution in [0.3, 0.4) is 0 Å². The van der Waals surface area contributed by atoms with Crippen molar-refractivity contribution in [2.24, 2.45) is 0 Å². The Labute approximate surface area is 425 Å². The molecule has 12 aromatic rings. The van der Waals surface area contributed by atoms with Gasteiger partial charge < -0.3 is 24.0 Å². The van der Waals surface area contributed by atoms with Gasteiger partial charge >= 0.3 is 0 Å². The van der Waals surface area contributed by atoms with Crippen molar-refractivity contribution in [3.05, 3.63) is 267 Å². The fourth-order valence-electron chi connectivity index (χ4n) is 10.2. The van der Waals surface area contributed by atoms with Gasteiger partial charge in [-0.05, 0) is 124 Å². The fraction of sp³-hybridized carbons (Fsp3) is 0.0294. The van der Waals surface area contributed by atoms with E-state index in [1.54, 1.807) is 0 Å². The lowest BCUT2D eigenvalue weighted by molar-refractivity contribution is 0.667. The number of nitrogens with zero attached hydrogens (tertiary/aromatic N) is 2. The van der Waals surface area contributed by atoms with Crippen LogP contribution in [0.4, 0.5) is 28.4 Å². The lowest BCUT2D eigenvalue weighted by Gasteiger charge is -2.28. The second-order valence-electron chi connectivity index (χ2n) is 18.3. The molecule has 10 aromatic carbocycles. The summed E-state index contributed by atoms with van der Waals surface area (Å²) in [4.78, 5) is 4.48. The van der Waals surface area contributed by atoms with E-state index >= 15 is 0 Å². The van der Waals surface area contributed by atoms with Gasteiger partial charge in [0.2, 0.25) is 0 Å². The van der Waals surface area contributed by atoms with Crippen LogP contribution in [0.15, 0.2) is 270 Å². The minimum absolute atomic E-state index is 0.845. The maximum absolute atomic E-state index is 6.61. The SMILES string of the molecule is C=C1/C=C\C=C/N(c2cccc(N(C)c3ccccc3-c3ccccc3)c2)c2ccc3c(oc4ccc(-c5ccccc5)cc43)c21.CNc1ccccc1-c1cccc(-c2ccc3oc4ccccc4c3c2)c1. The average molecular weight is 942 g/mol. The molecule has 2 aromatic heterocycles. The average Bonchev–Trinajstić information content (AvgIpc) is 4.02. The molecule has 0 unspecified atom stereocenters. The summed E-state index contributed by atoms with van der Waals surface area (Å²) in [6, 6.07) is 80.7. The van der Waals surface area contributed by atoms with E-state index in [4.69, 9.17) is 8.83 Å². The highest BCUT2D eigenvalue weighted by molar-refractivity contribution is 6.12. The van der Waals surface area contributed by atoms with Crippen LogP contribution >= 0.6 is 0 Å². The monoisotopic (exact) mass is 941 g/mol. The van der Waals surface area contributed by atoms with E-state index in [1.165, 1.54) is 44.5 Å².